The molecule has 2 aromatic rings. The fourth-order valence-corrected chi connectivity index (χ4v) is 7.24. The number of piperidine rings is 1. The molecule has 0 saturated carbocycles. The Labute approximate surface area is 187 Å². The van der Waals surface area contributed by atoms with E-state index in [0.29, 0.717) is 43.9 Å². The monoisotopic (exact) mass is 466 g/mol. The summed E-state index contributed by atoms with van der Waals surface area (Å²) in [5.41, 5.74) is 0.374. The summed E-state index contributed by atoms with van der Waals surface area (Å²) in [5, 5.41) is 9.00. The van der Waals surface area contributed by atoms with E-state index in [2.05, 4.69) is 32.9 Å². The molecular weight excluding hydrogens is 436 g/mol. The summed E-state index contributed by atoms with van der Waals surface area (Å²) in [6.45, 7) is 6.62. The topological polar surface area (TPSA) is 95.8 Å². The number of carbonyl (C=O) groups is 1. The average Bonchev–Trinajstić information content (AvgIpc) is 3.52. The Kier molecular flexibility index (Phi) is 6.80. The Hall–Kier alpha value is -1.75. The van der Waals surface area contributed by atoms with E-state index in [4.69, 9.17) is 4.52 Å². The van der Waals surface area contributed by atoms with Crippen molar-refractivity contribution in [3.8, 4) is 0 Å². The van der Waals surface area contributed by atoms with Crippen LogP contribution in [0.15, 0.2) is 26.9 Å². The smallest absolute Gasteiger partial charge is 0.248 e. The molecule has 2 fully saturated rings. The number of aromatic nitrogens is 1. The fraction of sp³-hybridized carbons (Fsp3) is 0.619. The third kappa shape index (κ3) is 4.72. The largest absolute Gasteiger partial charge is 0.360 e. The van der Waals surface area contributed by atoms with Crippen LogP contribution in [0.1, 0.15) is 48.1 Å². The summed E-state index contributed by atoms with van der Waals surface area (Å²) in [7, 11) is -3.66. The molecule has 4 rings (SSSR count). The van der Waals surface area contributed by atoms with E-state index in [1.807, 2.05) is 0 Å². The number of hydrogen-bond donors (Lipinski definition) is 1. The van der Waals surface area contributed by atoms with Crippen molar-refractivity contribution < 1.29 is 17.7 Å². The Bertz CT molecular complexity index is 969. The van der Waals surface area contributed by atoms with Gasteiger partial charge in [-0.3, -0.25) is 9.69 Å². The van der Waals surface area contributed by atoms with Crippen molar-refractivity contribution in [2.45, 2.75) is 50.5 Å². The van der Waals surface area contributed by atoms with Gasteiger partial charge in [0.2, 0.25) is 15.9 Å². The highest BCUT2D eigenvalue weighted by Gasteiger charge is 2.35. The minimum atomic E-state index is -3.66. The van der Waals surface area contributed by atoms with Crippen molar-refractivity contribution in [3.63, 3.8) is 0 Å². The highest BCUT2D eigenvalue weighted by molar-refractivity contribution is 7.89. The zero-order valence-electron chi connectivity index (χ0n) is 18.0. The van der Waals surface area contributed by atoms with E-state index in [0.717, 1.165) is 13.1 Å². The van der Waals surface area contributed by atoms with Gasteiger partial charge < -0.3 is 9.84 Å². The van der Waals surface area contributed by atoms with Gasteiger partial charge in [0.05, 0.1) is 6.04 Å². The molecule has 31 heavy (non-hydrogen) atoms. The molecule has 2 aromatic heterocycles. The lowest BCUT2D eigenvalue weighted by Crippen LogP contribution is -2.44. The second-order valence-electron chi connectivity index (χ2n) is 8.35. The quantitative estimate of drug-likeness (QED) is 0.674. The lowest BCUT2D eigenvalue weighted by atomic mass is 9.97. The van der Waals surface area contributed by atoms with Crippen LogP contribution in [0.4, 0.5) is 0 Å². The predicted molar refractivity (Wildman–Crippen MR) is 118 cm³/mol. The number of nitrogens with one attached hydrogen (secondary N) is 1. The van der Waals surface area contributed by atoms with Gasteiger partial charge in [-0.2, -0.15) is 4.31 Å². The Morgan fingerprint density at radius 3 is 2.55 bits per heavy atom. The van der Waals surface area contributed by atoms with Crippen LogP contribution < -0.4 is 5.32 Å². The summed E-state index contributed by atoms with van der Waals surface area (Å²) in [5.74, 6) is 0.160. The van der Waals surface area contributed by atoms with Crippen molar-refractivity contribution in [3.05, 3.63) is 33.8 Å². The summed E-state index contributed by atoms with van der Waals surface area (Å²) in [6, 6.07) is 4.41. The summed E-state index contributed by atoms with van der Waals surface area (Å²) in [6.07, 6.45) is 3.44. The third-order valence-electron chi connectivity index (χ3n) is 6.31. The summed E-state index contributed by atoms with van der Waals surface area (Å²) < 4.78 is 32.4. The Morgan fingerprint density at radius 2 is 1.97 bits per heavy atom. The average molecular weight is 467 g/mol. The normalized spacial score (nSPS) is 20.2. The number of rotatable bonds is 7. The molecule has 2 aliphatic heterocycles. The number of likely N-dealkylation sites (tertiary alicyclic amines) is 1. The van der Waals surface area contributed by atoms with E-state index in [9.17, 15) is 13.2 Å². The van der Waals surface area contributed by atoms with Gasteiger partial charge in [0.15, 0.2) is 5.76 Å². The maximum atomic E-state index is 13.0. The minimum absolute atomic E-state index is 0.0233. The van der Waals surface area contributed by atoms with Gasteiger partial charge in [0.25, 0.3) is 0 Å². The van der Waals surface area contributed by atoms with Crippen molar-refractivity contribution in [1.82, 2.24) is 19.7 Å². The molecule has 2 saturated heterocycles. The van der Waals surface area contributed by atoms with E-state index < -0.39 is 10.0 Å². The van der Waals surface area contributed by atoms with E-state index in [-0.39, 0.29) is 22.8 Å². The van der Waals surface area contributed by atoms with Gasteiger partial charge in [-0.15, -0.1) is 11.3 Å². The van der Waals surface area contributed by atoms with Crippen molar-refractivity contribution in [1.29, 1.82) is 0 Å². The first kappa shape index (κ1) is 22.4. The van der Waals surface area contributed by atoms with Gasteiger partial charge in [-0.25, -0.2) is 8.42 Å². The maximum Gasteiger partial charge on any atom is 0.248 e. The molecule has 0 aliphatic carbocycles. The molecule has 10 heteroatoms. The summed E-state index contributed by atoms with van der Waals surface area (Å²) in [4.78, 5) is 16.7. The molecule has 0 unspecified atom stereocenters. The zero-order chi connectivity index (χ0) is 22.0. The molecule has 0 bridgehead atoms. The highest BCUT2D eigenvalue weighted by Crippen LogP contribution is 2.29. The molecular formula is C21H30N4O4S2. The Balaban J connectivity index is 1.34. The number of sulfonamides is 1. The van der Waals surface area contributed by atoms with Crippen LogP contribution in [-0.2, 0) is 14.8 Å². The minimum Gasteiger partial charge on any atom is -0.360 e. The molecule has 1 amide bonds. The van der Waals surface area contributed by atoms with Gasteiger partial charge >= 0.3 is 0 Å². The third-order valence-corrected chi connectivity index (χ3v) is 9.43. The van der Waals surface area contributed by atoms with E-state index in [1.54, 1.807) is 25.2 Å². The van der Waals surface area contributed by atoms with E-state index >= 15 is 0 Å². The number of amides is 1. The second-order valence-corrected chi connectivity index (χ2v) is 11.2. The van der Waals surface area contributed by atoms with Gasteiger partial charge in [0.1, 0.15) is 10.6 Å². The molecule has 1 atom stereocenters. The van der Waals surface area contributed by atoms with Crippen LogP contribution in [0.25, 0.3) is 0 Å². The van der Waals surface area contributed by atoms with Crippen molar-refractivity contribution in [2.75, 3.05) is 32.7 Å². The van der Waals surface area contributed by atoms with Crippen LogP contribution in [0, 0.1) is 19.8 Å². The second kappa shape index (κ2) is 9.40. The maximum absolute atomic E-state index is 13.0. The molecule has 2 aliphatic rings. The SMILES string of the molecule is Cc1noc(C)c1S(=O)(=O)N1CCC(C(=O)NC[C@H](c2cccs2)N2CCCC2)CC1. The molecule has 8 nitrogen and oxygen atoms in total. The number of hydrogen-bond acceptors (Lipinski definition) is 7. The highest BCUT2D eigenvalue weighted by atomic mass is 32.2. The van der Waals surface area contributed by atoms with Gasteiger partial charge in [-0.05, 0) is 64.1 Å². The van der Waals surface area contributed by atoms with Crippen LogP contribution in [0.2, 0.25) is 0 Å². The van der Waals surface area contributed by atoms with Crippen molar-refractivity contribution in [2.24, 2.45) is 5.92 Å². The number of thiophene rings is 1. The molecule has 1 N–H and O–H groups in total. The van der Waals surface area contributed by atoms with Crippen LogP contribution >= 0.6 is 11.3 Å². The summed E-state index contributed by atoms with van der Waals surface area (Å²) >= 11 is 1.73. The zero-order valence-corrected chi connectivity index (χ0v) is 19.7. The predicted octanol–water partition coefficient (Wildman–Crippen LogP) is 2.71. The molecule has 4 heterocycles. The first-order chi connectivity index (χ1) is 14.9. The molecule has 0 aromatic carbocycles. The lowest BCUT2D eigenvalue weighted by Gasteiger charge is -2.31. The van der Waals surface area contributed by atoms with Crippen LogP contribution in [0.5, 0.6) is 0 Å². The first-order valence-corrected chi connectivity index (χ1v) is 13.2. The lowest BCUT2D eigenvalue weighted by molar-refractivity contribution is -0.126. The van der Waals surface area contributed by atoms with Gasteiger partial charge in [0, 0.05) is 30.4 Å². The molecule has 0 spiro atoms. The van der Waals surface area contributed by atoms with Crippen molar-refractivity contribution >= 4 is 27.3 Å². The van der Waals surface area contributed by atoms with Gasteiger partial charge in [-0.1, -0.05) is 11.2 Å². The fourth-order valence-electron chi connectivity index (χ4n) is 4.62. The van der Waals surface area contributed by atoms with Crippen LogP contribution in [-0.4, -0.2) is 61.4 Å². The standard InChI is InChI=1S/C21H30N4O4S2/c1-15-20(16(2)29-23-15)31(27,28)25-11-7-17(8-12-25)21(26)22-14-18(19-6-5-13-30-19)24-9-3-4-10-24/h5-6,13,17-18H,3-4,7-12,14H2,1-2H3,(H,22,26)/t18-/m1/s1. The molecule has 170 valence electrons. The number of carbonyl (C=O) groups excluding carboxylic acids is 1. The first-order valence-electron chi connectivity index (χ1n) is 10.9. The Morgan fingerprint density at radius 1 is 1.26 bits per heavy atom. The van der Waals surface area contributed by atoms with Crippen LogP contribution in [0.3, 0.4) is 0 Å². The number of nitrogens with zero attached hydrogens (tertiary/aromatic N) is 3. The number of aryl methyl sites for hydroxylation is 2. The molecule has 0 radical (unpaired) electrons. The van der Waals surface area contributed by atoms with E-state index in [1.165, 1.54) is 22.0 Å².